The predicted molar refractivity (Wildman–Crippen MR) is 59.6 cm³/mol. The summed E-state index contributed by atoms with van der Waals surface area (Å²) in [4.78, 5) is 4.18. The molecule has 0 aliphatic heterocycles. The standard InChI is InChI=1S/C11H14N4/c1-2-6-12-11(5-1)13-7-3-9-15-10-4-8-14-15/h1-2,4-6,8,10H,3,7,9H2,(H,12,13). The van der Waals surface area contributed by atoms with Crippen LogP contribution in [0.1, 0.15) is 6.42 Å². The third-order valence-electron chi connectivity index (χ3n) is 2.09. The van der Waals surface area contributed by atoms with E-state index in [4.69, 9.17) is 0 Å². The lowest BCUT2D eigenvalue weighted by Gasteiger charge is -2.04. The maximum Gasteiger partial charge on any atom is 0.125 e. The summed E-state index contributed by atoms with van der Waals surface area (Å²) in [5.41, 5.74) is 0. The van der Waals surface area contributed by atoms with Crippen LogP contribution >= 0.6 is 0 Å². The molecular weight excluding hydrogens is 188 g/mol. The fraction of sp³-hybridized carbons (Fsp3) is 0.273. The highest BCUT2D eigenvalue weighted by molar-refractivity contribution is 5.32. The van der Waals surface area contributed by atoms with Crippen LogP contribution in [0.4, 0.5) is 5.82 Å². The third kappa shape index (κ3) is 3.09. The highest BCUT2D eigenvalue weighted by Gasteiger charge is 1.92. The minimum Gasteiger partial charge on any atom is -0.370 e. The van der Waals surface area contributed by atoms with Gasteiger partial charge in [-0.15, -0.1) is 0 Å². The van der Waals surface area contributed by atoms with Crippen molar-refractivity contribution >= 4 is 5.82 Å². The normalized spacial score (nSPS) is 10.1. The molecule has 0 fully saturated rings. The zero-order valence-electron chi connectivity index (χ0n) is 8.50. The van der Waals surface area contributed by atoms with Gasteiger partial charge in [-0.3, -0.25) is 4.68 Å². The molecule has 2 heterocycles. The fourth-order valence-electron chi connectivity index (χ4n) is 1.36. The van der Waals surface area contributed by atoms with E-state index >= 15 is 0 Å². The molecule has 0 aliphatic rings. The van der Waals surface area contributed by atoms with Crippen LogP contribution in [0.15, 0.2) is 42.9 Å². The molecule has 0 unspecified atom stereocenters. The van der Waals surface area contributed by atoms with Crippen LogP contribution in [0.5, 0.6) is 0 Å². The van der Waals surface area contributed by atoms with Crippen LogP contribution in [-0.2, 0) is 6.54 Å². The summed E-state index contributed by atoms with van der Waals surface area (Å²) in [6.07, 6.45) is 6.60. The smallest absolute Gasteiger partial charge is 0.125 e. The van der Waals surface area contributed by atoms with Crippen LogP contribution in [0.3, 0.4) is 0 Å². The van der Waals surface area contributed by atoms with Crippen LogP contribution < -0.4 is 5.32 Å². The van der Waals surface area contributed by atoms with Gasteiger partial charge in [-0.2, -0.15) is 5.10 Å². The second-order valence-electron chi connectivity index (χ2n) is 3.26. The first-order chi connectivity index (χ1) is 7.45. The lowest BCUT2D eigenvalue weighted by molar-refractivity contribution is 0.591. The Balaban J connectivity index is 1.68. The molecule has 0 aliphatic carbocycles. The fourth-order valence-corrected chi connectivity index (χ4v) is 1.36. The minimum absolute atomic E-state index is 0.914. The molecule has 4 nitrogen and oxygen atoms in total. The van der Waals surface area contributed by atoms with Gasteiger partial charge >= 0.3 is 0 Å². The maximum absolute atomic E-state index is 4.18. The summed E-state index contributed by atoms with van der Waals surface area (Å²) >= 11 is 0. The molecule has 78 valence electrons. The maximum atomic E-state index is 4.18. The van der Waals surface area contributed by atoms with Crippen LogP contribution in [0.25, 0.3) is 0 Å². The van der Waals surface area contributed by atoms with Crippen molar-refractivity contribution in [3.63, 3.8) is 0 Å². The first kappa shape index (κ1) is 9.71. The van der Waals surface area contributed by atoms with Crippen LogP contribution in [-0.4, -0.2) is 21.3 Å². The predicted octanol–water partition coefficient (Wildman–Crippen LogP) is 1.78. The molecule has 15 heavy (non-hydrogen) atoms. The van der Waals surface area contributed by atoms with Crippen molar-refractivity contribution in [2.75, 3.05) is 11.9 Å². The van der Waals surface area contributed by atoms with Crippen molar-refractivity contribution in [3.8, 4) is 0 Å². The van der Waals surface area contributed by atoms with Gasteiger partial charge in [-0.25, -0.2) is 4.98 Å². The molecule has 0 spiro atoms. The van der Waals surface area contributed by atoms with Gasteiger partial charge in [0.15, 0.2) is 0 Å². The second-order valence-corrected chi connectivity index (χ2v) is 3.26. The van der Waals surface area contributed by atoms with Gasteiger partial charge in [0.05, 0.1) is 0 Å². The van der Waals surface area contributed by atoms with Crippen molar-refractivity contribution in [1.29, 1.82) is 0 Å². The summed E-state index contributed by atoms with van der Waals surface area (Å²) in [7, 11) is 0. The summed E-state index contributed by atoms with van der Waals surface area (Å²) < 4.78 is 1.93. The molecule has 1 N–H and O–H groups in total. The van der Waals surface area contributed by atoms with Crippen molar-refractivity contribution in [1.82, 2.24) is 14.8 Å². The van der Waals surface area contributed by atoms with E-state index in [-0.39, 0.29) is 0 Å². The molecule has 0 aromatic carbocycles. The van der Waals surface area contributed by atoms with E-state index in [1.54, 1.807) is 12.4 Å². The van der Waals surface area contributed by atoms with E-state index in [0.29, 0.717) is 0 Å². The van der Waals surface area contributed by atoms with Gasteiger partial charge in [0, 0.05) is 31.7 Å². The zero-order valence-corrected chi connectivity index (χ0v) is 8.50. The Morgan fingerprint density at radius 2 is 2.20 bits per heavy atom. The molecular formula is C11H14N4. The van der Waals surface area contributed by atoms with Crippen LogP contribution in [0.2, 0.25) is 0 Å². The Hall–Kier alpha value is -1.84. The molecule has 0 radical (unpaired) electrons. The van der Waals surface area contributed by atoms with E-state index in [1.165, 1.54) is 0 Å². The molecule has 0 atom stereocenters. The number of hydrogen-bond donors (Lipinski definition) is 1. The van der Waals surface area contributed by atoms with E-state index in [2.05, 4.69) is 15.4 Å². The summed E-state index contributed by atoms with van der Waals surface area (Å²) in [6, 6.07) is 7.79. The minimum atomic E-state index is 0.914. The Morgan fingerprint density at radius 3 is 2.93 bits per heavy atom. The Bertz CT molecular complexity index is 369. The number of aromatic nitrogens is 3. The van der Waals surface area contributed by atoms with E-state index in [0.717, 1.165) is 25.3 Å². The van der Waals surface area contributed by atoms with E-state index < -0.39 is 0 Å². The first-order valence-corrected chi connectivity index (χ1v) is 5.07. The van der Waals surface area contributed by atoms with E-state index in [9.17, 15) is 0 Å². The number of rotatable bonds is 5. The molecule has 0 saturated carbocycles. The van der Waals surface area contributed by atoms with Gasteiger partial charge in [0.2, 0.25) is 0 Å². The number of aryl methyl sites for hydroxylation is 1. The lowest BCUT2D eigenvalue weighted by atomic mass is 10.4. The molecule has 2 rings (SSSR count). The number of hydrogen-bond acceptors (Lipinski definition) is 3. The topological polar surface area (TPSA) is 42.7 Å². The Kier molecular flexibility index (Phi) is 3.33. The molecule has 0 bridgehead atoms. The number of anilines is 1. The Morgan fingerprint density at radius 1 is 1.20 bits per heavy atom. The van der Waals surface area contributed by atoms with Gasteiger partial charge < -0.3 is 5.32 Å². The summed E-state index contributed by atoms with van der Waals surface area (Å²) in [5, 5.41) is 7.39. The quantitative estimate of drug-likeness (QED) is 0.751. The summed E-state index contributed by atoms with van der Waals surface area (Å²) in [5.74, 6) is 0.929. The van der Waals surface area contributed by atoms with Crippen LogP contribution in [0, 0.1) is 0 Å². The summed E-state index contributed by atoms with van der Waals surface area (Å²) in [6.45, 7) is 1.85. The average molecular weight is 202 g/mol. The molecule has 2 aromatic rings. The van der Waals surface area contributed by atoms with Crippen molar-refractivity contribution in [2.45, 2.75) is 13.0 Å². The van der Waals surface area contributed by atoms with Crippen molar-refractivity contribution < 1.29 is 0 Å². The van der Waals surface area contributed by atoms with Gasteiger partial charge in [0.1, 0.15) is 5.82 Å². The van der Waals surface area contributed by atoms with Gasteiger partial charge in [0.25, 0.3) is 0 Å². The average Bonchev–Trinajstić information content (AvgIpc) is 2.79. The van der Waals surface area contributed by atoms with Crippen molar-refractivity contribution in [2.24, 2.45) is 0 Å². The monoisotopic (exact) mass is 202 g/mol. The number of nitrogens with zero attached hydrogens (tertiary/aromatic N) is 3. The van der Waals surface area contributed by atoms with Gasteiger partial charge in [-0.1, -0.05) is 6.07 Å². The third-order valence-corrected chi connectivity index (χ3v) is 2.09. The molecule has 0 amide bonds. The molecule has 2 aromatic heterocycles. The number of nitrogens with one attached hydrogen (secondary N) is 1. The second kappa shape index (κ2) is 5.14. The SMILES string of the molecule is c1ccc(NCCCn2cccn2)nc1. The molecule has 0 saturated heterocycles. The first-order valence-electron chi connectivity index (χ1n) is 5.07. The molecule has 4 heteroatoms. The van der Waals surface area contributed by atoms with Crippen molar-refractivity contribution in [3.05, 3.63) is 42.9 Å². The highest BCUT2D eigenvalue weighted by atomic mass is 15.3. The van der Waals surface area contributed by atoms with E-state index in [1.807, 2.05) is 35.1 Å². The Labute approximate surface area is 89.0 Å². The van der Waals surface area contributed by atoms with Gasteiger partial charge in [-0.05, 0) is 24.6 Å². The lowest BCUT2D eigenvalue weighted by Crippen LogP contribution is -2.07. The zero-order chi connectivity index (χ0) is 10.3. The highest BCUT2D eigenvalue weighted by Crippen LogP contribution is 1.99. The number of pyridine rings is 1. The largest absolute Gasteiger partial charge is 0.370 e.